The van der Waals surface area contributed by atoms with Crippen LogP contribution in [0.4, 0.5) is 24.5 Å². The fourth-order valence-electron chi connectivity index (χ4n) is 5.94. The molecule has 2 aliphatic rings. The lowest BCUT2D eigenvalue weighted by molar-refractivity contribution is -0.137. The maximum absolute atomic E-state index is 13.6. The summed E-state index contributed by atoms with van der Waals surface area (Å²) in [4.78, 5) is 23.9. The zero-order valence-corrected chi connectivity index (χ0v) is 25.8. The van der Waals surface area contributed by atoms with Crippen LogP contribution < -0.4 is 19.1 Å². The first-order valence-corrected chi connectivity index (χ1v) is 15.2. The predicted octanol–water partition coefficient (Wildman–Crippen LogP) is 6.84. The molecule has 2 aromatic heterocycles. The first-order valence-electron chi connectivity index (χ1n) is 15.2. The molecule has 242 valence electrons. The van der Waals surface area contributed by atoms with Crippen molar-refractivity contribution in [3.63, 3.8) is 0 Å². The Bertz CT molecular complexity index is 1920. The van der Waals surface area contributed by atoms with Crippen molar-refractivity contribution < 1.29 is 32.2 Å². The molecule has 47 heavy (non-hydrogen) atoms. The molecule has 1 saturated heterocycles. The Morgan fingerprint density at radius 3 is 2.36 bits per heavy atom. The molecule has 0 unspecified atom stereocenters. The van der Waals surface area contributed by atoms with E-state index in [1.807, 2.05) is 52.9 Å². The largest absolute Gasteiger partial charge is 0.454 e. The van der Waals surface area contributed by atoms with Crippen molar-refractivity contribution in [1.82, 2.24) is 19.4 Å². The number of fused-ring (bicyclic) bond motifs is 2. The number of aromatic nitrogens is 2. The summed E-state index contributed by atoms with van der Waals surface area (Å²) in [6, 6.07) is 21.9. The standard InChI is InChI=1S/C35H32F3N5O4/c1-40(26-6-4-25(5-7-26)35(36,37)38)27-8-12-33(39-20-27)47-28-9-10-29-24(18-28)19-30(41(29)2)34(44)43-15-13-42(14-16-43)21-23-3-11-31-32(17-23)46-22-45-31/h3-12,17-20H,13-16,21-22H2,1-2H3. The third-order valence-electron chi connectivity index (χ3n) is 8.65. The number of carbonyl (C=O) groups is 1. The van der Waals surface area contributed by atoms with Crippen molar-refractivity contribution >= 4 is 28.2 Å². The molecule has 0 N–H and O–H groups in total. The van der Waals surface area contributed by atoms with Gasteiger partial charge in [-0.1, -0.05) is 6.07 Å². The van der Waals surface area contributed by atoms with Crippen LogP contribution in [-0.4, -0.2) is 65.3 Å². The Balaban J connectivity index is 0.976. The summed E-state index contributed by atoms with van der Waals surface area (Å²) >= 11 is 0. The number of hydrogen-bond donors (Lipinski definition) is 0. The van der Waals surface area contributed by atoms with Crippen LogP contribution in [0.2, 0.25) is 0 Å². The molecule has 0 aliphatic carbocycles. The van der Waals surface area contributed by atoms with Gasteiger partial charge in [-0.05, 0) is 72.3 Å². The molecule has 1 amide bonds. The van der Waals surface area contributed by atoms with E-state index < -0.39 is 11.7 Å². The lowest BCUT2D eigenvalue weighted by atomic mass is 10.1. The van der Waals surface area contributed by atoms with Crippen molar-refractivity contribution in [3.05, 3.63) is 102 Å². The fourth-order valence-corrected chi connectivity index (χ4v) is 5.94. The number of nitrogens with zero attached hydrogens (tertiary/aromatic N) is 5. The van der Waals surface area contributed by atoms with E-state index in [0.717, 1.165) is 59.7 Å². The summed E-state index contributed by atoms with van der Waals surface area (Å²) in [6.45, 7) is 3.85. The van der Waals surface area contributed by atoms with Gasteiger partial charge in [-0.3, -0.25) is 9.69 Å². The lowest BCUT2D eigenvalue weighted by Crippen LogP contribution is -2.48. The zero-order valence-electron chi connectivity index (χ0n) is 25.8. The molecule has 2 aliphatic heterocycles. The smallest absolute Gasteiger partial charge is 0.416 e. The molecule has 0 atom stereocenters. The first kappa shape index (κ1) is 30.4. The SMILES string of the molecule is CN(c1ccc(C(F)(F)F)cc1)c1ccc(Oc2ccc3c(c2)cc(C(=O)N2CCN(Cc4ccc5c(c4)OCO5)CC2)n3C)nc1. The van der Waals surface area contributed by atoms with Gasteiger partial charge in [-0.15, -0.1) is 0 Å². The van der Waals surface area contributed by atoms with Crippen LogP contribution in [0.1, 0.15) is 21.6 Å². The van der Waals surface area contributed by atoms with Gasteiger partial charge in [-0.25, -0.2) is 4.98 Å². The minimum atomic E-state index is -4.38. The number of halogens is 3. The summed E-state index contributed by atoms with van der Waals surface area (Å²) in [5, 5.41) is 0.869. The summed E-state index contributed by atoms with van der Waals surface area (Å²) in [5.74, 6) is 2.46. The first-order chi connectivity index (χ1) is 22.6. The quantitative estimate of drug-likeness (QED) is 0.192. The third kappa shape index (κ3) is 6.28. The number of rotatable bonds is 7. The van der Waals surface area contributed by atoms with Gasteiger partial charge in [0.15, 0.2) is 11.5 Å². The van der Waals surface area contributed by atoms with Crippen molar-refractivity contribution in [2.45, 2.75) is 12.7 Å². The van der Waals surface area contributed by atoms with E-state index in [2.05, 4.69) is 16.0 Å². The Morgan fingerprint density at radius 2 is 1.64 bits per heavy atom. The summed E-state index contributed by atoms with van der Waals surface area (Å²) in [7, 11) is 3.64. The monoisotopic (exact) mass is 643 g/mol. The summed E-state index contributed by atoms with van der Waals surface area (Å²) < 4.78 is 57.6. The van der Waals surface area contributed by atoms with Crippen LogP contribution in [0.25, 0.3) is 10.9 Å². The van der Waals surface area contributed by atoms with E-state index in [0.29, 0.717) is 41.8 Å². The third-order valence-corrected chi connectivity index (χ3v) is 8.65. The van der Waals surface area contributed by atoms with E-state index in [-0.39, 0.29) is 12.7 Å². The predicted molar refractivity (Wildman–Crippen MR) is 170 cm³/mol. The molecular formula is C35H32F3N5O4. The number of piperazine rings is 1. The summed E-state index contributed by atoms with van der Waals surface area (Å²) in [5.41, 5.74) is 3.25. The maximum atomic E-state index is 13.6. The Kier molecular flexibility index (Phi) is 7.88. The average Bonchev–Trinajstić information content (AvgIpc) is 3.68. The van der Waals surface area contributed by atoms with E-state index in [4.69, 9.17) is 14.2 Å². The Morgan fingerprint density at radius 1 is 0.894 bits per heavy atom. The van der Waals surface area contributed by atoms with Gasteiger partial charge < -0.3 is 28.6 Å². The van der Waals surface area contributed by atoms with E-state index in [1.165, 1.54) is 12.1 Å². The molecule has 0 bridgehead atoms. The molecule has 0 radical (unpaired) electrons. The molecule has 4 heterocycles. The number of hydrogen-bond acceptors (Lipinski definition) is 7. The molecule has 3 aromatic carbocycles. The summed E-state index contributed by atoms with van der Waals surface area (Å²) in [6.07, 6.45) is -2.79. The topological polar surface area (TPSA) is 72.3 Å². The van der Waals surface area contributed by atoms with Gasteiger partial charge >= 0.3 is 6.18 Å². The van der Waals surface area contributed by atoms with Crippen LogP contribution in [0.5, 0.6) is 23.1 Å². The minimum Gasteiger partial charge on any atom is -0.454 e. The number of ether oxygens (including phenoxy) is 3. The van der Waals surface area contributed by atoms with Crippen LogP contribution in [-0.2, 0) is 19.8 Å². The molecule has 0 spiro atoms. The number of amides is 1. The molecule has 7 rings (SSSR count). The highest BCUT2D eigenvalue weighted by Crippen LogP contribution is 2.34. The normalized spacial score (nSPS) is 14.9. The van der Waals surface area contributed by atoms with Crippen molar-refractivity contribution in [3.8, 4) is 23.1 Å². The Labute approximate surface area is 269 Å². The number of anilines is 2. The number of alkyl halides is 3. The van der Waals surface area contributed by atoms with Crippen molar-refractivity contribution in [1.29, 1.82) is 0 Å². The molecular weight excluding hydrogens is 611 g/mol. The molecule has 12 heteroatoms. The van der Waals surface area contributed by atoms with Gasteiger partial charge in [-0.2, -0.15) is 13.2 Å². The van der Waals surface area contributed by atoms with Gasteiger partial charge in [0.2, 0.25) is 12.7 Å². The number of benzene rings is 3. The van der Waals surface area contributed by atoms with Crippen LogP contribution in [0, 0.1) is 0 Å². The van der Waals surface area contributed by atoms with Gasteiger partial charge in [0.25, 0.3) is 5.91 Å². The van der Waals surface area contributed by atoms with Crippen LogP contribution >= 0.6 is 0 Å². The van der Waals surface area contributed by atoms with Gasteiger partial charge in [0, 0.05) is 69.5 Å². The Hall–Kier alpha value is -5.23. The second-order valence-corrected chi connectivity index (χ2v) is 11.6. The van der Waals surface area contributed by atoms with E-state index in [9.17, 15) is 18.0 Å². The van der Waals surface area contributed by atoms with E-state index >= 15 is 0 Å². The van der Waals surface area contributed by atoms with Crippen LogP contribution in [0.15, 0.2) is 85.1 Å². The molecule has 9 nitrogen and oxygen atoms in total. The second kappa shape index (κ2) is 12.2. The highest BCUT2D eigenvalue weighted by molar-refractivity contribution is 5.99. The molecule has 5 aromatic rings. The van der Waals surface area contributed by atoms with Crippen molar-refractivity contribution in [2.75, 3.05) is 44.9 Å². The fraction of sp³-hybridized carbons (Fsp3) is 0.257. The van der Waals surface area contributed by atoms with Crippen molar-refractivity contribution in [2.24, 2.45) is 7.05 Å². The van der Waals surface area contributed by atoms with Gasteiger partial charge in [0.05, 0.1) is 17.4 Å². The lowest BCUT2D eigenvalue weighted by Gasteiger charge is -2.34. The average molecular weight is 644 g/mol. The second-order valence-electron chi connectivity index (χ2n) is 11.6. The number of pyridine rings is 1. The van der Waals surface area contributed by atoms with E-state index in [1.54, 1.807) is 30.3 Å². The highest BCUT2D eigenvalue weighted by atomic mass is 19.4. The molecule has 1 fully saturated rings. The maximum Gasteiger partial charge on any atom is 0.416 e. The molecule has 0 saturated carbocycles. The zero-order chi connectivity index (χ0) is 32.7. The highest BCUT2D eigenvalue weighted by Gasteiger charge is 2.30. The number of carbonyl (C=O) groups excluding carboxylic acids is 1. The van der Waals surface area contributed by atoms with Gasteiger partial charge in [0.1, 0.15) is 11.4 Å². The minimum absolute atomic E-state index is 0.0108. The number of aryl methyl sites for hydroxylation is 1. The van der Waals surface area contributed by atoms with Crippen LogP contribution in [0.3, 0.4) is 0 Å².